The van der Waals surface area contributed by atoms with E-state index < -0.39 is 0 Å². The van der Waals surface area contributed by atoms with Crippen molar-refractivity contribution in [2.45, 2.75) is 61.8 Å². The number of hydrogen-bond acceptors (Lipinski definition) is 4. The normalized spacial score (nSPS) is 16.8. The number of pyridine rings is 1. The topological polar surface area (TPSA) is 65.8 Å². The number of nitrogens with zero attached hydrogens (tertiary/aromatic N) is 2. The molecule has 0 unspecified atom stereocenters. The van der Waals surface area contributed by atoms with E-state index in [0.29, 0.717) is 22.9 Å². The van der Waals surface area contributed by atoms with E-state index in [4.69, 9.17) is 4.98 Å². The monoisotopic (exact) mass is 455 g/mol. The fourth-order valence-corrected chi connectivity index (χ4v) is 5.42. The molecular weight excluding hydrogens is 426 g/mol. The molecule has 0 fully saturated rings. The summed E-state index contributed by atoms with van der Waals surface area (Å²) in [5.74, 6) is 0.436. The quantitative estimate of drug-likeness (QED) is 0.446. The molecule has 2 aromatic carbocycles. The predicted molar refractivity (Wildman–Crippen MR) is 133 cm³/mol. The molecule has 4 rings (SSSR count). The van der Waals surface area contributed by atoms with Gasteiger partial charge in [0.25, 0.3) is 0 Å². The number of thioether (sulfide) groups is 1. The Hall–Kier alpha value is -3.10. The third-order valence-electron chi connectivity index (χ3n) is 6.32. The number of benzene rings is 2. The van der Waals surface area contributed by atoms with Crippen molar-refractivity contribution < 1.29 is 4.79 Å². The number of aromatic nitrogens is 1. The molecular formula is C28H29N3OS. The van der Waals surface area contributed by atoms with Crippen molar-refractivity contribution in [3.05, 3.63) is 94.7 Å². The molecule has 0 aliphatic heterocycles. The van der Waals surface area contributed by atoms with Crippen LogP contribution in [0.1, 0.15) is 66.6 Å². The lowest BCUT2D eigenvalue weighted by molar-refractivity contribution is -0.121. The van der Waals surface area contributed by atoms with E-state index in [9.17, 15) is 10.1 Å². The number of carbonyl (C=O) groups is 1. The summed E-state index contributed by atoms with van der Waals surface area (Å²) in [5.41, 5.74) is 5.20. The predicted octanol–water partition coefficient (Wildman–Crippen LogP) is 5.97. The molecule has 4 nitrogen and oxygen atoms in total. The third-order valence-corrected chi connectivity index (χ3v) is 7.69. The number of rotatable bonds is 7. The minimum atomic E-state index is -0.297. The van der Waals surface area contributed by atoms with E-state index in [2.05, 4.69) is 35.7 Å². The second-order valence-electron chi connectivity index (χ2n) is 8.56. The Balaban J connectivity index is 1.49. The molecule has 1 heterocycles. The molecule has 1 aromatic heterocycles. The van der Waals surface area contributed by atoms with Crippen LogP contribution in [-0.2, 0) is 17.6 Å². The van der Waals surface area contributed by atoms with Gasteiger partial charge in [-0.3, -0.25) is 4.79 Å². The molecule has 0 saturated carbocycles. The van der Waals surface area contributed by atoms with Crippen molar-refractivity contribution >= 4 is 17.7 Å². The van der Waals surface area contributed by atoms with E-state index in [1.54, 1.807) is 0 Å². The number of carbonyl (C=O) groups excluding carboxylic acids is 1. The first-order valence-corrected chi connectivity index (χ1v) is 12.5. The highest BCUT2D eigenvalue weighted by Crippen LogP contribution is 2.35. The van der Waals surface area contributed by atoms with Gasteiger partial charge >= 0.3 is 0 Å². The van der Waals surface area contributed by atoms with Gasteiger partial charge in [-0.05, 0) is 61.3 Å². The van der Waals surface area contributed by atoms with Crippen LogP contribution in [0.5, 0.6) is 0 Å². The Kier molecular flexibility index (Phi) is 7.47. The molecule has 0 spiro atoms. The first-order chi connectivity index (χ1) is 16.1. The van der Waals surface area contributed by atoms with E-state index in [-0.39, 0.29) is 17.2 Å². The summed E-state index contributed by atoms with van der Waals surface area (Å²) in [6.45, 7) is 3.99. The van der Waals surface area contributed by atoms with Crippen LogP contribution in [0.3, 0.4) is 0 Å². The maximum atomic E-state index is 13.0. The summed E-state index contributed by atoms with van der Waals surface area (Å²) in [5, 5.41) is 13.3. The van der Waals surface area contributed by atoms with E-state index in [1.165, 1.54) is 17.3 Å². The van der Waals surface area contributed by atoms with Crippen molar-refractivity contribution in [3.8, 4) is 6.07 Å². The summed E-state index contributed by atoms with van der Waals surface area (Å²) in [6, 6.07) is 24.8. The molecule has 0 saturated heterocycles. The molecule has 168 valence electrons. The van der Waals surface area contributed by atoms with Crippen LogP contribution in [0.15, 0.2) is 71.8 Å². The van der Waals surface area contributed by atoms with Gasteiger partial charge in [0.1, 0.15) is 11.1 Å². The van der Waals surface area contributed by atoms with E-state index in [1.807, 2.05) is 56.3 Å². The van der Waals surface area contributed by atoms with Crippen molar-refractivity contribution in [1.82, 2.24) is 10.3 Å². The Morgan fingerprint density at radius 1 is 1.18 bits per heavy atom. The average molecular weight is 456 g/mol. The largest absolute Gasteiger partial charge is 0.349 e. The Bertz CT molecular complexity index is 1140. The lowest BCUT2D eigenvalue weighted by Crippen LogP contribution is -2.34. The number of fused-ring (bicyclic) bond motifs is 1. The molecule has 33 heavy (non-hydrogen) atoms. The lowest BCUT2D eigenvalue weighted by atomic mass is 9.82. The van der Waals surface area contributed by atoms with Gasteiger partial charge in [0.2, 0.25) is 5.91 Å². The highest BCUT2D eigenvalue weighted by Gasteiger charge is 2.26. The van der Waals surface area contributed by atoms with Crippen LogP contribution in [-0.4, -0.2) is 16.1 Å². The lowest BCUT2D eigenvalue weighted by Gasteiger charge is -2.25. The Morgan fingerprint density at radius 2 is 1.88 bits per heavy atom. The summed E-state index contributed by atoms with van der Waals surface area (Å²) >= 11 is 1.41. The van der Waals surface area contributed by atoms with Gasteiger partial charge in [-0.15, -0.1) is 0 Å². The highest BCUT2D eigenvalue weighted by atomic mass is 32.2. The van der Waals surface area contributed by atoms with Crippen molar-refractivity contribution in [1.29, 1.82) is 5.26 Å². The second kappa shape index (κ2) is 10.7. The van der Waals surface area contributed by atoms with Crippen molar-refractivity contribution in [2.24, 2.45) is 0 Å². The van der Waals surface area contributed by atoms with Gasteiger partial charge in [0.15, 0.2) is 0 Å². The third kappa shape index (κ3) is 5.46. The minimum Gasteiger partial charge on any atom is -0.349 e. The summed E-state index contributed by atoms with van der Waals surface area (Å²) in [6.07, 6.45) is 3.50. The van der Waals surface area contributed by atoms with Crippen LogP contribution >= 0.6 is 11.8 Å². The van der Waals surface area contributed by atoms with Gasteiger partial charge in [0, 0.05) is 5.69 Å². The molecule has 3 aromatic rings. The van der Waals surface area contributed by atoms with Crippen molar-refractivity contribution in [2.75, 3.05) is 0 Å². The first kappa shape index (κ1) is 23.1. The number of nitriles is 1. The highest BCUT2D eigenvalue weighted by molar-refractivity contribution is 8.00. The molecule has 0 bridgehead atoms. The average Bonchev–Trinajstić information content (AvgIpc) is 2.87. The zero-order valence-electron chi connectivity index (χ0n) is 19.1. The maximum absolute atomic E-state index is 13.0. The molecule has 0 radical (unpaired) electrons. The van der Waals surface area contributed by atoms with Crippen LogP contribution in [0.25, 0.3) is 0 Å². The van der Waals surface area contributed by atoms with Crippen LogP contribution in [0, 0.1) is 11.3 Å². The standard InChI is InChI=1S/C28H29N3OS/c1-3-26(27(32)30-19(2)20-10-6-4-7-11-20)33-28-24(18-29)17-23-16-22(14-15-25(23)31-28)21-12-8-5-9-13-21/h4-13,17,19,22,26H,3,14-16H2,1-2H3,(H,30,32)/t19-,22+,26-/m0/s1. The van der Waals surface area contributed by atoms with E-state index >= 15 is 0 Å². The molecule has 1 aliphatic rings. The van der Waals surface area contributed by atoms with Gasteiger partial charge in [-0.25, -0.2) is 4.98 Å². The number of nitrogens with one attached hydrogen (secondary N) is 1. The molecule has 1 aliphatic carbocycles. The zero-order valence-corrected chi connectivity index (χ0v) is 19.9. The van der Waals surface area contributed by atoms with Crippen LogP contribution < -0.4 is 5.32 Å². The molecule has 3 atom stereocenters. The smallest absolute Gasteiger partial charge is 0.234 e. The van der Waals surface area contributed by atoms with Gasteiger partial charge < -0.3 is 5.32 Å². The van der Waals surface area contributed by atoms with Crippen molar-refractivity contribution in [3.63, 3.8) is 0 Å². The van der Waals surface area contributed by atoms with Crippen LogP contribution in [0.4, 0.5) is 0 Å². The Morgan fingerprint density at radius 3 is 2.55 bits per heavy atom. The minimum absolute atomic E-state index is 0.0218. The van der Waals surface area contributed by atoms with Crippen LogP contribution in [0.2, 0.25) is 0 Å². The van der Waals surface area contributed by atoms with E-state index in [0.717, 1.165) is 36.1 Å². The van der Waals surface area contributed by atoms with Gasteiger partial charge in [-0.1, -0.05) is 79.3 Å². The van der Waals surface area contributed by atoms with Gasteiger partial charge in [-0.2, -0.15) is 5.26 Å². The number of amides is 1. The zero-order chi connectivity index (χ0) is 23.2. The SMILES string of the molecule is CC[C@H](Sc1nc2c(cc1C#N)C[C@H](c1ccccc1)CC2)C(=O)N[C@@H](C)c1ccccc1. The molecule has 1 amide bonds. The molecule has 1 N–H and O–H groups in total. The maximum Gasteiger partial charge on any atom is 0.234 e. The fourth-order valence-electron chi connectivity index (χ4n) is 4.41. The first-order valence-electron chi connectivity index (χ1n) is 11.6. The number of aryl methyl sites for hydroxylation is 1. The molecule has 5 heteroatoms. The second-order valence-corrected chi connectivity index (χ2v) is 9.76. The van der Waals surface area contributed by atoms with Gasteiger partial charge in [0.05, 0.1) is 16.9 Å². The summed E-state index contributed by atoms with van der Waals surface area (Å²) in [7, 11) is 0. The summed E-state index contributed by atoms with van der Waals surface area (Å²) in [4.78, 5) is 17.9. The Labute approximate surface area is 200 Å². The summed E-state index contributed by atoms with van der Waals surface area (Å²) < 4.78 is 0. The number of hydrogen-bond donors (Lipinski definition) is 1. The fraction of sp³-hybridized carbons (Fsp3) is 0.321.